The molecule has 0 unspecified atom stereocenters. The first-order valence-electron chi connectivity index (χ1n) is 6.93. The summed E-state index contributed by atoms with van der Waals surface area (Å²) >= 11 is 0. The largest absolute Gasteiger partial charge is 0.495 e. The van der Waals surface area contributed by atoms with Crippen LogP contribution in [0.5, 0.6) is 5.75 Å². The second-order valence-corrected chi connectivity index (χ2v) is 5.11. The highest BCUT2D eigenvalue weighted by molar-refractivity contribution is 5.93. The van der Waals surface area contributed by atoms with Crippen LogP contribution in [-0.4, -0.2) is 49.3 Å². The number of rotatable bonds is 3. The molecule has 2 amide bonds. The maximum absolute atomic E-state index is 12.5. The fourth-order valence-electron chi connectivity index (χ4n) is 2.54. The van der Waals surface area contributed by atoms with Crippen LogP contribution in [0, 0.1) is 5.92 Å². The SMILES string of the molecule is COc1ccccc1N(C)C(=O)N1CCC(C(=O)O)CC1. The van der Waals surface area contributed by atoms with Crippen LogP contribution in [0.1, 0.15) is 12.8 Å². The van der Waals surface area contributed by atoms with Gasteiger partial charge in [-0.2, -0.15) is 0 Å². The Kier molecular flexibility index (Phi) is 4.67. The Hall–Kier alpha value is -2.24. The van der Waals surface area contributed by atoms with Gasteiger partial charge in [0, 0.05) is 20.1 Å². The lowest BCUT2D eigenvalue weighted by Crippen LogP contribution is -2.46. The molecule has 2 rings (SSSR count). The quantitative estimate of drug-likeness (QED) is 0.925. The van der Waals surface area contributed by atoms with E-state index in [0.717, 1.165) is 0 Å². The van der Waals surface area contributed by atoms with Gasteiger partial charge in [-0.3, -0.25) is 9.69 Å². The van der Waals surface area contributed by atoms with Crippen LogP contribution < -0.4 is 9.64 Å². The van der Waals surface area contributed by atoms with Crippen LogP contribution in [0.2, 0.25) is 0 Å². The Morgan fingerprint density at radius 3 is 2.48 bits per heavy atom. The van der Waals surface area contributed by atoms with Gasteiger partial charge in [-0.15, -0.1) is 0 Å². The topological polar surface area (TPSA) is 70.1 Å². The number of benzene rings is 1. The van der Waals surface area contributed by atoms with Crippen LogP contribution in [0.25, 0.3) is 0 Å². The van der Waals surface area contributed by atoms with Gasteiger partial charge in [-0.25, -0.2) is 4.79 Å². The predicted octanol–water partition coefficient (Wildman–Crippen LogP) is 2.05. The summed E-state index contributed by atoms with van der Waals surface area (Å²) in [7, 11) is 3.26. The first kappa shape index (κ1) is 15.2. The number of para-hydroxylation sites is 2. The summed E-state index contributed by atoms with van der Waals surface area (Å²) in [6, 6.07) is 7.18. The maximum Gasteiger partial charge on any atom is 0.324 e. The second-order valence-electron chi connectivity index (χ2n) is 5.11. The fourth-order valence-corrected chi connectivity index (χ4v) is 2.54. The number of carbonyl (C=O) groups is 2. The summed E-state index contributed by atoms with van der Waals surface area (Å²) in [5.74, 6) is -0.487. The average molecular weight is 292 g/mol. The van der Waals surface area contributed by atoms with Crippen LogP contribution >= 0.6 is 0 Å². The molecule has 114 valence electrons. The Morgan fingerprint density at radius 1 is 1.29 bits per heavy atom. The highest BCUT2D eigenvalue weighted by atomic mass is 16.5. The van der Waals surface area contributed by atoms with Gasteiger partial charge in [0.2, 0.25) is 0 Å². The lowest BCUT2D eigenvalue weighted by Gasteiger charge is -2.33. The number of piperidine rings is 1. The third kappa shape index (κ3) is 3.26. The molecule has 0 radical (unpaired) electrons. The number of hydrogen-bond acceptors (Lipinski definition) is 3. The Morgan fingerprint density at radius 2 is 1.90 bits per heavy atom. The molecule has 0 atom stereocenters. The van der Waals surface area contributed by atoms with Crippen LogP contribution in [0.15, 0.2) is 24.3 Å². The van der Waals surface area contributed by atoms with Gasteiger partial charge < -0.3 is 14.7 Å². The smallest absolute Gasteiger partial charge is 0.324 e. The second kappa shape index (κ2) is 6.47. The van der Waals surface area contributed by atoms with Crippen molar-refractivity contribution in [3.05, 3.63) is 24.3 Å². The van der Waals surface area contributed by atoms with E-state index < -0.39 is 5.97 Å². The summed E-state index contributed by atoms with van der Waals surface area (Å²) in [5.41, 5.74) is 0.699. The summed E-state index contributed by atoms with van der Waals surface area (Å²) in [4.78, 5) is 26.7. The zero-order valence-corrected chi connectivity index (χ0v) is 12.3. The summed E-state index contributed by atoms with van der Waals surface area (Å²) in [6.45, 7) is 0.935. The molecule has 1 N–H and O–H groups in total. The summed E-state index contributed by atoms with van der Waals surface area (Å²) < 4.78 is 5.26. The van der Waals surface area contributed by atoms with Crippen molar-refractivity contribution >= 4 is 17.7 Å². The number of likely N-dealkylation sites (tertiary alicyclic amines) is 1. The van der Waals surface area contributed by atoms with E-state index in [2.05, 4.69) is 0 Å². The number of carboxylic acid groups (broad SMARTS) is 1. The third-order valence-electron chi connectivity index (χ3n) is 3.85. The number of urea groups is 1. The standard InChI is InChI=1S/C15H20N2O4/c1-16(12-5-3-4-6-13(12)21-2)15(20)17-9-7-11(8-10-17)14(18)19/h3-6,11H,7-10H2,1-2H3,(H,18,19). The number of methoxy groups -OCH3 is 1. The van der Waals surface area contributed by atoms with Crippen molar-refractivity contribution in [2.75, 3.05) is 32.1 Å². The molecule has 0 spiro atoms. The molecule has 1 saturated heterocycles. The number of ether oxygens (including phenoxy) is 1. The Bertz CT molecular complexity index is 524. The zero-order chi connectivity index (χ0) is 15.4. The molecule has 1 aliphatic rings. The van der Waals surface area contributed by atoms with E-state index in [0.29, 0.717) is 37.4 Å². The van der Waals surface area contributed by atoms with Gasteiger partial charge in [0.25, 0.3) is 0 Å². The number of carboxylic acids is 1. The molecule has 6 nitrogen and oxygen atoms in total. The molecule has 0 aliphatic carbocycles. The van der Waals surface area contributed by atoms with E-state index in [-0.39, 0.29) is 11.9 Å². The Labute approximate surface area is 123 Å². The molecule has 0 bridgehead atoms. The van der Waals surface area contributed by atoms with Gasteiger partial charge in [0.1, 0.15) is 5.75 Å². The normalized spacial score (nSPS) is 15.6. The molecule has 6 heteroatoms. The van der Waals surface area contributed by atoms with Gasteiger partial charge in [-0.1, -0.05) is 12.1 Å². The predicted molar refractivity (Wildman–Crippen MR) is 78.7 cm³/mol. The van der Waals surface area contributed by atoms with Crippen molar-refractivity contribution < 1.29 is 19.4 Å². The van der Waals surface area contributed by atoms with Crippen LogP contribution in [-0.2, 0) is 4.79 Å². The summed E-state index contributed by atoms with van der Waals surface area (Å²) in [5, 5.41) is 8.99. The van der Waals surface area contributed by atoms with Gasteiger partial charge in [0.05, 0.1) is 18.7 Å². The molecule has 1 aliphatic heterocycles. The van der Waals surface area contributed by atoms with E-state index in [1.807, 2.05) is 18.2 Å². The summed E-state index contributed by atoms with van der Waals surface area (Å²) in [6.07, 6.45) is 1.00. The number of nitrogens with zero attached hydrogens (tertiary/aromatic N) is 2. The van der Waals surface area contributed by atoms with E-state index in [1.165, 1.54) is 0 Å². The number of hydrogen-bond donors (Lipinski definition) is 1. The van der Waals surface area contributed by atoms with E-state index in [9.17, 15) is 9.59 Å². The number of anilines is 1. The lowest BCUT2D eigenvalue weighted by molar-refractivity contribution is -0.143. The van der Waals surface area contributed by atoms with Crippen molar-refractivity contribution in [1.29, 1.82) is 0 Å². The number of amides is 2. The van der Waals surface area contributed by atoms with Crippen LogP contribution in [0.4, 0.5) is 10.5 Å². The molecule has 1 aromatic rings. The Balaban J connectivity index is 2.05. The third-order valence-corrected chi connectivity index (χ3v) is 3.85. The minimum Gasteiger partial charge on any atom is -0.495 e. The maximum atomic E-state index is 12.5. The molecule has 21 heavy (non-hydrogen) atoms. The van der Waals surface area contributed by atoms with Crippen molar-refractivity contribution in [3.8, 4) is 5.75 Å². The number of carbonyl (C=O) groups excluding carboxylic acids is 1. The van der Waals surface area contributed by atoms with E-state index in [4.69, 9.17) is 9.84 Å². The van der Waals surface area contributed by atoms with Crippen molar-refractivity contribution in [2.24, 2.45) is 5.92 Å². The fraction of sp³-hybridized carbons (Fsp3) is 0.467. The highest BCUT2D eigenvalue weighted by Crippen LogP contribution is 2.28. The van der Waals surface area contributed by atoms with Crippen molar-refractivity contribution in [2.45, 2.75) is 12.8 Å². The molecular weight excluding hydrogens is 272 g/mol. The first-order chi connectivity index (χ1) is 10.0. The van der Waals surface area contributed by atoms with Crippen molar-refractivity contribution in [3.63, 3.8) is 0 Å². The molecule has 0 aromatic heterocycles. The van der Waals surface area contributed by atoms with E-state index in [1.54, 1.807) is 30.0 Å². The average Bonchev–Trinajstić information content (AvgIpc) is 2.53. The highest BCUT2D eigenvalue weighted by Gasteiger charge is 2.29. The van der Waals surface area contributed by atoms with Gasteiger partial charge in [0.15, 0.2) is 0 Å². The van der Waals surface area contributed by atoms with E-state index >= 15 is 0 Å². The van der Waals surface area contributed by atoms with Gasteiger partial charge >= 0.3 is 12.0 Å². The molecule has 1 aromatic carbocycles. The molecule has 1 fully saturated rings. The molecule has 1 heterocycles. The molecular formula is C15H20N2O4. The lowest BCUT2D eigenvalue weighted by atomic mass is 9.97. The van der Waals surface area contributed by atoms with Gasteiger partial charge in [-0.05, 0) is 25.0 Å². The monoisotopic (exact) mass is 292 g/mol. The van der Waals surface area contributed by atoms with Crippen molar-refractivity contribution in [1.82, 2.24) is 4.90 Å². The zero-order valence-electron chi connectivity index (χ0n) is 12.3. The number of aliphatic carboxylic acids is 1. The minimum absolute atomic E-state index is 0.136. The molecule has 0 saturated carbocycles. The first-order valence-corrected chi connectivity index (χ1v) is 6.93. The van der Waals surface area contributed by atoms with Crippen LogP contribution in [0.3, 0.4) is 0 Å². The minimum atomic E-state index is -0.778.